The van der Waals surface area contributed by atoms with Gasteiger partial charge in [-0.3, -0.25) is 4.90 Å². The fraction of sp³-hybridized carbons (Fsp3) is 0.231. The van der Waals surface area contributed by atoms with Gasteiger partial charge in [0.15, 0.2) is 11.6 Å². The van der Waals surface area contributed by atoms with Gasteiger partial charge in [-0.15, -0.1) is 0 Å². The third-order valence-corrected chi connectivity index (χ3v) is 22.3. The summed E-state index contributed by atoms with van der Waals surface area (Å²) < 4.78 is 31.3. The van der Waals surface area contributed by atoms with Crippen molar-refractivity contribution in [2.24, 2.45) is 0 Å². The van der Waals surface area contributed by atoms with E-state index in [0.717, 1.165) is 205 Å². The number of nitrogens with zero attached hydrogens (tertiary/aromatic N) is 9. The first kappa shape index (κ1) is 78.1. The third-order valence-electron chi connectivity index (χ3n) is 20.9. The van der Waals surface area contributed by atoms with E-state index in [1.807, 2.05) is 178 Å². The molecule has 0 aliphatic carbocycles. The second kappa shape index (κ2) is 35.9. The number of rotatable bonds is 19. The fourth-order valence-corrected chi connectivity index (χ4v) is 15.8. The van der Waals surface area contributed by atoms with E-state index in [2.05, 4.69) is 74.1 Å². The minimum atomic E-state index is -0.396. The number of benzene rings is 10. The Balaban J connectivity index is 0.000000140. The first-order valence-electron chi connectivity index (χ1n) is 37.6. The molecule has 0 atom stereocenters. The summed E-state index contributed by atoms with van der Waals surface area (Å²) in [6.07, 6.45) is 5.98. The maximum absolute atomic E-state index is 14.2. The van der Waals surface area contributed by atoms with Gasteiger partial charge in [0.2, 0.25) is 17.8 Å². The first-order valence-corrected chi connectivity index (χ1v) is 39.5. The molecule has 10 aromatic carbocycles. The van der Waals surface area contributed by atoms with Crippen LogP contribution in [0.2, 0.25) is 25.1 Å². The maximum Gasteiger partial charge on any atom is 0.223 e. The molecule has 16 rings (SSSR count). The summed E-state index contributed by atoms with van der Waals surface area (Å²) in [5.74, 6) is 3.72. The van der Waals surface area contributed by atoms with Crippen molar-refractivity contribution in [3.8, 4) is 56.4 Å². The van der Waals surface area contributed by atoms with Gasteiger partial charge in [0.05, 0.1) is 57.9 Å². The van der Waals surface area contributed by atoms with E-state index in [0.29, 0.717) is 63.3 Å². The second-order valence-electron chi connectivity index (χ2n) is 28.3. The van der Waals surface area contributed by atoms with E-state index >= 15 is 0 Å². The summed E-state index contributed by atoms with van der Waals surface area (Å²) in [7, 11) is 3.27. The number of hydrogen-bond donors (Lipinski definition) is 3. The Kier molecular flexibility index (Phi) is 25.0. The van der Waals surface area contributed by atoms with Crippen molar-refractivity contribution < 1.29 is 18.6 Å². The Bertz CT molecular complexity index is 5560. The van der Waals surface area contributed by atoms with Crippen LogP contribution in [0.15, 0.2) is 225 Å². The molecule has 21 heteroatoms. The quantitative estimate of drug-likeness (QED) is 0.0704. The molecule has 3 aliphatic rings. The number of aryl methyl sites for hydroxylation is 3. The zero-order valence-electron chi connectivity index (χ0n) is 63.1. The number of ether oxygens (including phenoxy) is 3. The van der Waals surface area contributed by atoms with Crippen molar-refractivity contribution in [3.63, 3.8) is 0 Å². The number of halogens is 6. The molecular formula is C91H86Cl5FN12O3. The summed E-state index contributed by atoms with van der Waals surface area (Å²) in [6, 6.07) is 68.8. The zero-order valence-corrected chi connectivity index (χ0v) is 66.8. The second-order valence-corrected chi connectivity index (χ2v) is 30.4. The Morgan fingerprint density at radius 1 is 0.420 bits per heavy atom. The summed E-state index contributed by atoms with van der Waals surface area (Å²) in [6.45, 7) is 21.3. The molecular weight excluding hydrogens is 1510 g/mol. The number of nitrogens with one attached hydrogen (secondary N) is 3. The number of fused-ring (bicyclic) bond motifs is 3. The molecule has 3 aromatic heterocycles. The highest BCUT2D eigenvalue weighted by molar-refractivity contribution is 6.33. The van der Waals surface area contributed by atoms with Crippen molar-refractivity contribution >= 4 is 120 Å². The van der Waals surface area contributed by atoms with Crippen molar-refractivity contribution in [2.45, 2.75) is 84.0 Å². The number of anilines is 3. The Labute approximate surface area is 678 Å². The normalized spacial score (nSPS) is 14.2. The molecule has 0 radical (unpaired) electrons. The van der Waals surface area contributed by atoms with Gasteiger partial charge in [0.25, 0.3) is 0 Å². The van der Waals surface area contributed by atoms with Crippen LogP contribution in [0.5, 0.6) is 23.0 Å². The van der Waals surface area contributed by atoms with Gasteiger partial charge in [-0.2, -0.15) is 0 Å². The van der Waals surface area contributed by atoms with E-state index in [-0.39, 0.29) is 5.75 Å². The molecule has 3 fully saturated rings. The highest BCUT2D eigenvalue weighted by Gasteiger charge is 2.26. The Morgan fingerprint density at radius 3 is 1.28 bits per heavy atom. The molecule has 0 spiro atoms. The number of methoxy groups -OCH3 is 2. The van der Waals surface area contributed by atoms with Crippen molar-refractivity contribution in [3.05, 3.63) is 290 Å². The van der Waals surface area contributed by atoms with Crippen molar-refractivity contribution in [2.75, 3.05) is 69.4 Å². The molecule has 570 valence electrons. The largest absolute Gasteiger partial charge is 0.495 e. The van der Waals surface area contributed by atoms with Crippen molar-refractivity contribution in [1.82, 2.24) is 44.6 Å². The molecule has 0 saturated carbocycles. The smallest absolute Gasteiger partial charge is 0.223 e. The molecule has 0 amide bonds. The molecule has 3 aliphatic heterocycles. The Hall–Kier alpha value is -10.6. The molecule has 15 nitrogen and oxygen atoms in total. The average Bonchev–Trinajstić information content (AvgIpc) is 0.790. The van der Waals surface area contributed by atoms with Gasteiger partial charge >= 0.3 is 0 Å². The summed E-state index contributed by atoms with van der Waals surface area (Å²) in [5.41, 5.74) is 16.6. The van der Waals surface area contributed by atoms with Gasteiger partial charge < -0.3 is 40.0 Å². The summed E-state index contributed by atoms with van der Waals surface area (Å²) in [4.78, 5) is 35.9. The monoisotopic (exact) mass is 1590 g/mol. The maximum atomic E-state index is 14.2. The van der Waals surface area contributed by atoms with E-state index < -0.39 is 5.82 Å². The van der Waals surface area contributed by atoms with E-state index in [1.54, 1.807) is 32.4 Å². The van der Waals surface area contributed by atoms with Crippen LogP contribution in [0.3, 0.4) is 0 Å². The highest BCUT2D eigenvalue weighted by atomic mass is 35.5. The molecule has 3 saturated heterocycles. The number of likely N-dealkylation sites (tertiary alicyclic amines) is 3. The van der Waals surface area contributed by atoms with Crippen molar-refractivity contribution in [1.29, 1.82) is 0 Å². The van der Waals surface area contributed by atoms with Crippen LogP contribution in [-0.2, 0) is 6.54 Å². The van der Waals surface area contributed by atoms with Crippen LogP contribution in [-0.4, -0.2) is 116 Å². The SMILES string of the molecule is C=C(c1ccc(Cl)cc1)N1CCC(Nc2nc(C)c3cc(-c4cccc(Cl)c4OC)ccc3n2)CC1.C=C(c1ccccc1Cl)N1CCC(Nc2nc(C)c3cc(-c4cccc(Cl)c4OC)ccc3n2)CC1.Cc1nc(NC2CCN(Cc3ccc(Cl)cc3)CC2)nc2ccc(-c3ccccc3Oc3ccccc3F)cc12. The van der Waals surface area contributed by atoms with Gasteiger partial charge in [-0.25, -0.2) is 34.3 Å². The minimum absolute atomic E-state index is 0.196. The third kappa shape index (κ3) is 18.6. The van der Waals surface area contributed by atoms with Crippen LogP contribution in [0.1, 0.15) is 72.3 Å². The summed E-state index contributed by atoms with van der Waals surface area (Å²) >= 11 is 31.1. The standard InChI is InChI=1S/C33H30ClFN4O.2C29H28Cl2N4O/c1-22-28-20-24(27-6-2-4-8-31(27)40-32-9-5-3-7-29(32)35)12-15-30(28)38-33(36-22)37-26-16-18-39(19-17-26)21-23-10-13-25(34)14-11-23;1-18-24-17-20(23-8-6-10-26(31)28(23)36-3)11-12-27(24)34-29(32-18)33-21-13-15-35(16-14-21)19(2)22-7-4-5-9-25(22)30;1-18-25-17-21(24-5-4-6-26(31)28(24)36-3)9-12-27(25)34-29(32-18)33-23-13-15-35(16-14-23)19(2)20-7-10-22(30)11-8-20/h2-15,20,26H,16-19,21H2,1H3,(H,36,37,38);4-12,17,21H,2,13-16H2,1,3H3,(H,32,33,34);4-12,17,23H,2,13-16H2,1,3H3,(H,32,33,34). The number of para-hydroxylation sites is 4. The van der Waals surface area contributed by atoms with Gasteiger partial charge in [-0.05, 0) is 184 Å². The van der Waals surface area contributed by atoms with E-state index in [1.165, 1.54) is 11.6 Å². The predicted molar refractivity (Wildman–Crippen MR) is 460 cm³/mol. The average molecular weight is 1590 g/mol. The van der Waals surface area contributed by atoms with E-state index in [9.17, 15) is 4.39 Å². The molecule has 6 heterocycles. The molecule has 0 bridgehead atoms. The van der Waals surface area contributed by atoms with Crippen LogP contribution < -0.4 is 30.2 Å². The lowest BCUT2D eigenvalue weighted by Crippen LogP contribution is -2.39. The zero-order chi connectivity index (χ0) is 77.9. The highest BCUT2D eigenvalue weighted by Crippen LogP contribution is 2.41. The van der Waals surface area contributed by atoms with Crippen LogP contribution in [0.25, 0.3) is 77.5 Å². The number of hydrogen-bond acceptors (Lipinski definition) is 15. The van der Waals surface area contributed by atoms with Crippen LogP contribution in [0, 0.1) is 26.6 Å². The number of aromatic nitrogens is 6. The fourth-order valence-electron chi connectivity index (χ4n) is 14.8. The lowest BCUT2D eigenvalue weighted by Gasteiger charge is -2.35. The molecule has 13 aromatic rings. The lowest BCUT2D eigenvalue weighted by molar-refractivity contribution is 0.211. The number of piperidine rings is 3. The lowest BCUT2D eigenvalue weighted by atomic mass is 10.0. The first-order chi connectivity index (χ1) is 54.4. The minimum Gasteiger partial charge on any atom is -0.495 e. The van der Waals surface area contributed by atoms with E-state index in [4.69, 9.17) is 102 Å². The van der Waals surface area contributed by atoms with Crippen LogP contribution in [0.4, 0.5) is 22.2 Å². The predicted octanol–water partition coefficient (Wildman–Crippen LogP) is 23.2. The Morgan fingerprint density at radius 2 is 0.812 bits per heavy atom. The van der Waals surface area contributed by atoms with Crippen LogP contribution >= 0.6 is 58.0 Å². The molecule has 0 unspecified atom stereocenters. The molecule has 112 heavy (non-hydrogen) atoms. The van der Waals surface area contributed by atoms with Gasteiger partial charge in [-0.1, -0.05) is 186 Å². The van der Waals surface area contributed by atoms with Gasteiger partial charge in [0.1, 0.15) is 17.2 Å². The molecule has 3 N–H and O–H groups in total. The van der Waals surface area contributed by atoms with Gasteiger partial charge in [0, 0.05) is 129 Å². The summed E-state index contributed by atoms with van der Waals surface area (Å²) in [5, 5.41) is 17.1. The topological polar surface area (TPSA) is 151 Å².